The highest BCUT2D eigenvalue weighted by atomic mass is 35.5. The van der Waals surface area contributed by atoms with E-state index in [4.69, 9.17) is 17.3 Å². The minimum Gasteiger partial charge on any atom is -0.468 e. The van der Waals surface area contributed by atoms with Gasteiger partial charge in [0, 0.05) is 5.75 Å². The van der Waals surface area contributed by atoms with Gasteiger partial charge in [-0.1, -0.05) is 23.7 Å². The maximum atomic E-state index is 11.6. The van der Waals surface area contributed by atoms with Gasteiger partial charge in [-0.15, -0.1) is 11.8 Å². The maximum absolute atomic E-state index is 11.6. The van der Waals surface area contributed by atoms with Crippen LogP contribution in [0, 0.1) is 0 Å². The summed E-state index contributed by atoms with van der Waals surface area (Å²) in [7, 11) is 1.27. The Bertz CT molecular complexity index is 456. The predicted octanol–water partition coefficient (Wildman–Crippen LogP) is 1.51. The Labute approximate surface area is 120 Å². The second-order valence-corrected chi connectivity index (χ2v) is 5.11. The van der Waals surface area contributed by atoms with Gasteiger partial charge in [-0.25, -0.2) is 0 Å². The van der Waals surface area contributed by atoms with Crippen LogP contribution in [0.1, 0.15) is 0 Å². The van der Waals surface area contributed by atoms with Crippen LogP contribution in [0.3, 0.4) is 0 Å². The highest BCUT2D eigenvalue weighted by Gasteiger charge is 2.14. The van der Waals surface area contributed by atoms with E-state index in [2.05, 4.69) is 10.1 Å². The molecule has 7 heteroatoms. The molecule has 0 saturated heterocycles. The Morgan fingerprint density at radius 1 is 1.47 bits per heavy atom. The van der Waals surface area contributed by atoms with Crippen LogP contribution in [0.4, 0.5) is 5.69 Å². The first kappa shape index (κ1) is 15.8. The monoisotopic (exact) mass is 302 g/mol. The number of methoxy groups -OCH3 is 1. The zero-order valence-electron chi connectivity index (χ0n) is 10.4. The zero-order valence-corrected chi connectivity index (χ0v) is 12.0. The van der Waals surface area contributed by atoms with Crippen molar-refractivity contribution in [2.45, 2.75) is 6.04 Å². The Morgan fingerprint density at radius 2 is 2.16 bits per heavy atom. The van der Waals surface area contributed by atoms with E-state index >= 15 is 0 Å². The molecule has 0 aliphatic rings. The number of para-hydroxylation sites is 1. The van der Waals surface area contributed by atoms with Crippen molar-refractivity contribution in [3.63, 3.8) is 0 Å². The molecule has 0 bridgehead atoms. The fourth-order valence-corrected chi connectivity index (χ4v) is 2.20. The Kier molecular flexibility index (Phi) is 6.69. The summed E-state index contributed by atoms with van der Waals surface area (Å²) in [5.74, 6) is -0.174. The average molecular weight is 303 g/mol. The first-order valence-corrected chi connectivity index (χ1v) is 7.03. The third-order valence-corrected chi connectivity index (χ3v) is 3.57. The van der Waals surface area contributed by atoms with Crippen molar-refractivity contribution in [1.82, 2.24) is 0 Å². The van der Waals surface area contributed by atoms with Gasteiger partial charge >= 0.3 is 5.97 Å². The smallest absolute Gasteiger partial charge is 0.323 e. The van der Waals surface area contributed by atoms with E-state index in [1.807, 2.05) is 0 Å². The minimum atomic E-state index is -0.719. The number of amides is 1. The molecule has 1 aromatic carbocycles. The van der Waals surface area contributed by atoms with Gasteiger partial charge in [0.05, 0.1) is 23.6 Å². The molecule has 5 nitrogen and oxygen atoms in total. The molecule has 0 aliphatic heterocycles. The lowest BCUT2D eigenvalue weighted by Gasteiger charge is -2.09. The Hall–Kier alpha value is -1.24. The van der Waals surface area contributed by atoms with E-state index in [1.165, 1.54) is 18.9 Å². The maximum Gasteiger partial charge on any atom is 0.323 e. The van der Waals surface area contributed by atoms with Crippen LogP contribution in [-0.2, 0) is 14.3 Å². The Balaban J connectivity index is 2.33. The summed E-state index contributed by atoms with van der Waals surface area (Å²) in [6.45, 7) is 0. The number of halogens is 1. The number of nitrogens with one attached hydrogen (secondary N) is 1. The highest BCUT2D eigenvalue weighted by Crippen LogP contribution is 2.20. The molecule has 1 atom stereocenters. The van der Waals surface area contributed by atoms with Gasteiger partial charge in [0.25, 0.3) is 0 Å². The minimum absolute atomic E-state index is 0.190. The van der Waals surface area contributed by atoms with Crippen LogP contribution in [0.25, 0.3) is 0 Å². The lowest BCUT2D eigenvalue weighted by molar-refractivity contribution is -0.141. The van der Waals surface area contributed by atoms with Crippen LogP contribution in [0.5, 0.6) is 0 Å². The molecule has 0 spiro atoms. The molecule has 0 aromatic heterocycles. The first-order chi connectivity index (χ1) is 9.04. The molecule has 1 amide bonds. The molecule has 1 rings (SSSR count). The number of anilines is 1. The van der Waals surface area contributed by atoms with Gasteiger partial charge in [-0.2, -0.15) is 0 Å². The third kappa shape index (κ3) is 5.50. The van der Waals surface area contributed by atoms with E-state index < -0.39 is 12.0 Å². The van der Waals surface area contributed by atoms with Gasteiger partial charge in [-0.3, -0.25) is 9.59 Å². The number of benzene rings is 1. The fraction of sp³-hybridized carbons (Fsp3) is 0.333. The van der Waals surface area contributed by atoms with Crippen LogP contribution >= 0.6 is 23.4 Å². The van der Waals surface area contributed by atoms with Crippen molar-refractivity contribution < 1.29 is 14.3 Å². The SMILES string of the molecule is COC(=O)C(N)CSCC(=O)Nc1ccccc1Cl. The summed E-state index contributed by atoms with van der Waals surface area (Å²) in [4.78, 5) is 22.7. The van der Waals surface area contributed by atoms with Crippen LogP contribution in [0.15, 0.2) is 24.3 Å². The standard InChI is InChI=1S/C12H15ClN2O3S/c1-18-12(17)9(14)6-19-7-11(16)15-10-5-3-2-4-8(10)13/h2-5,9H,6-7,14H2,1H3,(H,15,16). The van der Waals surface area contributed by atoms with Crippen LogP contribution < -0.4 is 11.1 Å². The summed E-state index contributed by atoms with van der Waals surface area (Å²) in [6, 6.07) is 6.25. The van der Waals surface area contributed by atoms with Gasteiger partial charge in [0.1, 0.15) is 6.04 Å². The van der Waals surface area contributed by atoms with E-state index in [-0.39, 0.29) is 11.7 Å². The largest absolute Gasteiger partial charge is 0.468 e. The van der Waals surface area contributed by atoms with Crippen molar-refractivity contribution in [3.8, 4) is 0 Å². The molecule has 0 fully saturated rings. The summed E-state index contributed by atoms with van der Waals surface area (Å²) in [5, 5.41) is 3.16. The molecule has 1 unspecified atom stereocenters. The lowest BCUT2D eigenvalue weighted by Crippen LogP contribution is -2.34. The van der Waals surface area contributed by atoms with Crippen molar-refractivity contribution >= 4 is 40.9 Å². The van der Waals surface area contributed by atoms with E-state index in [0.29, 0.717) is 16.5 Å². The molecule has 0 heterocycles. The second-order valence-electron chi connectivity index (χ2n) is 3.67. The number of esters is 1. The van der Waals surface area contributed by atoms with E-state index in [0.717, 1.165) is 0 Å². The fourth-order valence-electron chi connectivity index (χ4n) is 1.25. The van der Waals surface area contributed by atoms with Gasteiger partial charge in [-0.05, 0) is 12.1 Å². The van der Waals surface area contributed by atoms with Gasteiger partial charge in [0.15, 0.2) is 0 Å². The van der Waals surface area contributed by atoms with E-state index in [1.54, 1.807) is 24.3 Å². The number of thioether (sulfide) groups is 1. The quantitative estimate of drug-likeness (QED) is 0.779. The average Bonchev–Trinajstić information content (AvgIpc) is 2.40. The molecule has 1 aromatic rings. The topological polar surface area (TPSA) is 81.4 Å². The predicted molar refractivity (Wildman–Crippen MR) is 77.4 cm³/mol. The second kappa shape index (κ2) is 8.04. The number of hydrogen-bond donors (Lipinski definition) is 2. The van der Waals surface area contributed by atoms with E-state index in [9.17, 15) is 9.59 Å². The van der Waals surface area contributed by atoms with Gasteiger partial charge < -0.3 is 15.8 Å². The summed E-state index contributed by atoms with van der Waals surface area (Å²) >= 11 is 7.17. The highest BCUT2D eigenvalue weighted by molar-refractivity contribution is 8.00. The van der Waals surface area contributed by atoms with Crippen LogP contribution in [0.2, 0.25) is 5.02 Å². The number of carbonyl (C=O) groups excluding carboxylic acids is 2. The molecule has 104 valence electrons. The molecule has 0 saturated carbocycles. The normalized spacial score (nSPS) is 11.7. The number of nitrogens with two attached hydrogens (primary N) is 1. The van der Waals surface area contributed by atoms with Crippen molar-refractivity contribution in [3.05, 3.63) is 29.3 Å². The molecule has 0 radical (unpaired) electrons. The summed E-state index contributed by atoms with van der Waals surface area (Å²) < 4.78 is 4.49. The number of hydrogen-bond acceptors (Lipinski definition) is 5. The molecule has 19 heavy (non-hydrogen) atoms. The van der Waals surface area contributed by atoms with Crippen LogP contribution in [-0.4, -0.2) is 36.5 Å². The number of carbonyl (C=O) groups is 2. The number of ether oxygens (including phenoxy) is 1. The van der Waals surface area contributed by atoms with Crippen molar-refractivity contribution in [1.29, 1.82) is 0 Å². The summed E-state index contributed by atoms with van der Waals surface area (Å²) in [5.41, 5.74) is 6.10. The summed E-state index contributed by atoms with van der Waals surface area (Å²) in [6.07, 6.45) is 0. The first-order valence-electron chi connectivity index (χ1n) is 5.50. The molecule has 0 aliphatic carbocycles. The van der Waals surface area contributed by atoms with Crippen molar-refractivity contribution in [2.24, 2.45) is 5.73 Å². The number of rotatable bonds is 6. The molecule has 3 N–H and O–H groups in total. The zero-order chi connectivity index (χ0) is 14.3. The molecular formula is C12H15ClN2O3S. The Morgan fingerprint density at radius 3 is 2.79 bits per heavy atom. The third-order valence-electron chi connectivity index (χ3n) is 2.18. The van der Waals surface area contributed by atoms with Crippen molar-refractivity contribution in [2.75, 3.05) is 23.9 Å². The molecular weight excluding hydrogens is 288 g/mol. The lowest BCUT2D eigenvalue weighted by atomic mass is 10.3. The van der Waals surface area contributed by atoms with Gasteiger partial charge in [0.2, 0.25) is 5.91 Å².